The van der Waals surface area contributed by atoms with Crippen molar-refractivity contribution < 1.29 is 13.9 Å². The maximum atomic E-state index is 13.5. The van der Waals surface area contributed by atoms with E-state index in [0.717, 1.165) is 24.8 Å². The molecule has 0 radical (unpaired) electrons. The number of halogens is 1. The number of likely N-dealkylation sites (tertiary alicyclic amines) is 1. The lowest BCUT2D eigenvalue weighted by Gasteiger charge is -2.45. The third kappa shape index (κ3) is 4.53. The van der Waals surface area contributed by atoms with E-state index in [0.29, 0.717) is 42.3 Å². The first-order valence-electron chi connectivity index (χ1n) is 12.1. The van der Waals surface area contributed by atoms with Gasteiger partial charge in [0.2, 0.25) is 0 Å². The molecule has 2 aliphatic rings. The molecule has 0 unspecified atom stereocenters. The molecule has 36 heavy (non-hydrogen) atoms. The van der Waals surface area contributed by atoms with Crippen molar-refractivity contribution in [3.63, 3.8) is 0 Å². The smallest absolute Gasteiger partial charge is 0.410 e. The van der Waals surface area contributed by atoms with Gasteiger partial charge in [-0.2, -0.15) is 15.5 Å². The maximum absolute atomic E-state index is 13.5. The number of nitrogens with two attached hydrogens (primary N) is 1. The molecule has 0 bridgehead atoms. The normalized spacial score (nSPS) is 21.4. The van der Waals surface area contributed by atoms with E-state index in [1.165, 1.54) is 12.1 Å². The standard InChI is InChI=1S/C26H30FN7O2/c1-25(2,3)36-24(35)32-8-7-26(16-32)10-20(11-26)34-23(29)21(12-28)22(31-34)18-13-30-33(15-18)14-17-5-4-6-19(27)9-17/h4-6,9,13,15,20H,7-8,10-11,14,16,29H2,1-3H3/t20-,26-. The third-order valence-corrected chi connectivity index (χ3v) is 6.97. The van der Waals surface area contributed by atoms with Crippen molar-refractivity contribution in [2.45, 2.75) is 58.2 Å². The van der Waals surface area contributed by atoms with Crippen molar-refractivity contribution in [3.8, 4) is 17.3 Å². The van der Waals surface area contributed by atoms with Gasteiger partial charge in [0, 0.05) is 24.8 Å². The van der Waals surface area contributed by atoms with E-state index >= 15 is 0 Å². The van der Waals surface area contributed by atoms with Crippen molar-refractivity contribution >= 4 is 11.9 Å². The minimum Gasteiger partial charge on any atom is -0.444 e. The molecule has 1 aliphatic heterocycles. The Labute approximate surface area is 209 Å². The molecule has 3 heterocycles. The van der Waals surface area contributed by atoms with Gasteiger partial charge in [-0.15, -0.1) is 0 Å². The van der Waals surface area contributed by atoms with Crippen molar-refractivity contribution in [2.24, 2.45) is 5.41 Å². The number of carbonyl (C=O) groups excluding carboxylic acids is 1. The quantitative estimate of drug-likeness (QED) is 0.580. The van der Waals surface area contributed by atoms with E-state index in [-0.39, 0.29) is 23.4 Å². The summed E-state index contributed by atoms with van der Waals surface area (Å²) in [6.07, 6.45) is 5.74. The number of ether oxygens (including phenoxy) is 1. The van der Waals surface area contributed by atoms with Crippen LogP contribution in [0.5, 0.6) is 0 Å². The summed E-state index contributed by atoms with van der Waals surface area (Å²) >= 11 is 0. The summed E-state index contributed by atoms with van der Waals surface area (Å²) in [5.41, 5.74) is 8.15. The molecular formula is C26H30FN7O2. The summed E-state index contributed by atoms with van der Waals surface area (Å²) in [6.45, 7) is 7.33. The molecule has 2 fully saturated rings. The first kappa shape index (κ1) is 23.9. The van der Waals surface area contributed by atoms with Gasteiger partial charge >= 0.3 is 6.09 Å². The Morgan fingerprint density at radius 3 is 2.83 bits per heavy atom. The molecule has 1 amide bonds. The van der Waals surface area contributed by atoms with Crippen LogP contribution in [0.2, 0.25) is 0 Å². The van der Waals surface area contributed by atoms with Gasteiger partial charge < -0.3 is 15.4 Å². The van der Waals surface area contributed by atoms with Crippen LogP contribution in [0.3, 0.4) is 0 Å². The number of rotatable bonds is 4. The topological polar surface area (TPSA) is 115 Å². The average Bonchev–Trinajstić information content (AvgIpc) is 3.48. The van der Waals surface area contributed by atoms with E-state index < -0.39 is 5.60 Å². The molecule has 2 aromatic heterocycles. The number of carbonyl (C=O) groups is 1. The lowest BCUT2D eigenvalue weighted by Crippen LogP contribution is -2.43. The molecule has 1 aromatic carbocycles. The zero-order chi connectivity index (χ0) is 25.7. The Hall–Kier alpha value is -3.87. The van der Waals surface area contributed by atoms with Crippen LogP contribution in [0.1, 0.15) is 57.2 Å². The van der Waals surface area contributed by atoms with Gasteiger partial charge in [0.05, 0.1) is 18.8 Å². The summed E-state index contributed by atoms with van der Waals surface area (Å²) in [4.78, 5) is 14.3. The second kappa shape index (κ2) is 8.66. The van der Waals surface area contributed by atoms with Crippen molar-refractivity contribution in [3.05, 3.63) is 53.6 Å². The van der Waals surface area contributed by atoms with E-state index in [9.17, 15) is 14.4 Å². The molecule has 1 saturated carbocycles. The SMILES string of the molecule is CC(C)(C)OC(=O)N1CC[C@]2(C1)C[C@H](n1nc(-c3cnn(Cc4cccc(F)c4)c3)c(C#N)c1N)C2. The lowest BCUT2D eigenvalue weighted by atomic mass is 9.65. The molecule has 188 valence electrons. The predicted molar refractivity (Wildman–Crippen MR) is 131 cm³/mol. The predicted octanol–water partition coefficient (Wildman–Crippen LogP) is 4.35. The number of nitriles is 1. The molecule has 1 aliphatic carbocycles. The van der Waals surface area contributed by atoms with Crippen molar-refractivity contribution in [1.82, 2.24) is 24.5 Å². The molecule has 9 nitrogen and oxygen atoms in total. The van der Waals surface area contributed by atoms with Crippen LogP contribution in [-0.4, -0.2) is 49.2 Å². The highest BCUT2D eigenvalue weighted by atomic mass is 19.1. The van der Waals surface area contributed by atoms with Crippen LogP contribution in [0, 0.1) is 22.6 Å². The number of hydrogen-bond acceptors (Lipinski definition) is 6. The van der Waals surface area contributed by atoms with E-state index in [1.54, 1.807) is 32.7 Å². The molecule has 5 rings (SSSR count). The first-order valence-corrected chi connectivity index (χ1v) is 12.1. The fraction of sp³-hybridized carbons (Fsp3) is 0.462. The van der Waals surface area contributed by atoms with Crippen molar-refractivity contribution in [1.29, 1.82) is 5.26 Å². The van der Waals surface area contributed by atoms with Crippen molar-refractivity contribution in [2.75, 3.05) is 18.8 Å². The second-order valence-electron chi connectivity index (χ2n) is 10.9. The van der Waals surface area contributed by atoms with Gasteiger partial charge in [0.1, 0.15) is 34.6 Å². The van der Waals surface area contributed by atoms with E-state index in [4.69, 9.17) is 15.6 Å². The Morgan fingerprint density at radius 2 is 2.14 bits per heavy atom. The molecule has 10 heteroatoms. The minimum absolute atomic E-state index is 0.0305. The molecule has 1 saturated heterocycles. The number of aromatic nitrogens is 4. The van der Waals surface area contributed by atoms with Gasteiger partial charge in [-0.3, -0.25) is 4.68 Å². The first-order chi connectivity index (χ1) is 17.1. The average molecular weight is 492 g/mol. The summed E-state index contributed by atoms with van der Waals surface area (Å²) in [7, 11) is 0. The Balaban J connectivity index is 1.29. The Kier molecular flexibility index (Phi) is 5.74. The summed E-state index contributed by atoms with van der Waals surface area (Å²) in [6, 6.07) is 8.61. The third-order valence-electron chi connectivity index (χ3n) is 6.97. The Bertz CT molecular complexity index is 1340. The van der Waals surface area contributed by atoms with Crippen LogP contribution in [0.25, 0.3) is 11.3 Å². The monoisotopic (exact) mass is 491 g/mol. The fourth-order valence-electron chi connectivity index (χ4n) is 5.30. The Morgan fingerprint density at radius 1 is 1.36 bits per heavy atom. The summed E-state index contributed by atoms with van der Waals surface area (Å²) < 4.78 is 22.5. The van der Waals surface area contributed by atoms with Gasteiger partial charge in [0.15, 0.2) is 0 Å². The van der Waals surface area contributed by atoms with Crippen LogP contribution in [-0.2, 0) is 11.3 Å². The minimum atomic E-state index is -0.520. The summed E-state index contributed by atoms with van der Waals surface area (Å²) in [5.74, 6) is 0.0418. The van der Waals surface area contributed by atoms with Gasteiger partial charge in [0.25, 0.3) is 0 Å². The highest BCUT2D eigenvalue weighted by molar-refractivity contribution is 5.72. The molecule has 1 spiro atoms. The molecule has 0 atom stereocenters. The lowest BCUT2D eigenvalue weighted by molar-refractivity contribution is 0.0188. The number of nitrogen functional groups attached to an aromatic ring is 1. The zero-order valence-electron chi connectivity index (χ0n) is 20.7. The number of anilines is 1. The molecule has 3 aromatic rings. The second-order valence-corrected chi connectivity index (χ2v) is 10.9. The van der Waals surface area contributed by atoms with Gasteiger partial charge in [-0.25, -0.2) is 13.9 Å². The van der Waals surface area contributed by atoms with E-state index in [1.807, 2.05) is 26.8 Å². The number of nitrogens with zero attached hydrogens (tertiary/aromatic N) is 6. The number of amides is 1. The van der Waals surface area contributed by atoms with Crippen LogP contribution >= 0.6 is 0 Å². The highest BCUT2D eigenvalue weighted by Crippen LogP contribution is 2.54. The van der Waals surface area contributed by atoms with Crippen LogP contribution in [0.15, 0.2) is 36.7 Å². The molecule has 2 N–H and O–H groups in total. The van der Waals surface area contributed by atoms with Crippen LogP contribution in [0.4, 0.5) is 15.0 Å². The van der Waals surface area contributed by atoms with E-state index in [2.05, 4.69) is 11.2 Å². The van der Waals surface area contributed by atoms with Crippen LogP contribution < -0.4 is 5.73 Å². The van der Waals surface area contributed by atoms with Gasteiger partial charge in [-0.05, 0) is 63.1 Å². The molecular weight excluding hydrogens is 461 g/mol. The van der Waals surface area contributed by atoms with Gasteiger partial charge in [-0.1, -0.05) is 12.1 Å². The highest BCUT2D eigenvalue weighted by Gasteiger charge is 2.51. The summed E-state index contributed by atoms with van der Waals surface area (Å²) in [5, 5.41) is 18.9. The largest absolute Gasteiger partial charge is 0.444 e. The fourth-order valence-corrected chi connectivity index (χ4v) is 5.30. The number of benzene rings is 1. The number of hydrogen-bond donors (Lipinski definition) is 1. The maximum Gasteiger partial charge on any atom is 0.410 e. The zero-order valence-corrected chi connectivity index (χ0v) is 20.7.